The van der Waals surface area contributed by atoms with Crippen molar-refractivity contribution in [1.29, 1.82) is 0 Å². The maximum atomic E-state index is 6.58. The third-order valence-electron chi connectivity index (χ3n) is 11.1. The van der Waals surface area contributed by atoms with Crippen molar-refractivity contribution in [3.63, 3.8) is 0 Å². The summed E-state index contributed by atoms with van der Waals surface area (Å²) in [5.41, 5.74) is 13.4. The lowest BCUT2D eigenvalue weighted by Crippen LogP contribution is -2.03. The van der Waals surface area contributed by atoms with Gasteiger partial charge in [0.25, 0.3) is 0 Å². The van der Waals surface area contributed by atoms with Gasteiger partial charge in [0.2, 0.25) is 5.95 Å². The highest BCUT2D eigenvalue weighted by Crippen LogP contribution is 2.50. The first-order valence-corrected chi connectivity index (χ1v) is 18.3. The van der Waals surface area contributed by atoms with E-state index in [1.165, 1.54) is 60.3 Å². The van der Waals surface area contributed by atoms with E-state index in [2.05, 4.69) is 162 Å². The van der Waals surface area contributed by atoms with Crippen LogP contribution in [0.5, 0.6) is 0 Å². The minimum Gasteiger partial charge on any atom is -0.452 e. The Morgan fingerprint density at radius 1 is 0.426 bits per heavy atom. The van der Waals surface area contributed by atoms with E-state index in [0.717, 1.165) is 44.2 Å². The molecule has 3 aromatic heterocycles. The predicted molar refractivity (Wildman–Crippen MR) is 222 cm³/mol. The van der Waals surface area contributed by atoms with Crippen LogP contribution >= 0.6 is 0 Å². The zero-order chi connectivity index (χ0) is 35.3. The average Bonchev–Trinajstić information content (AvgIpc) is 3.74. The van der Waals surface area contributed by atoms with Gasteiger partial charge in [0.15, 0.2) is 5.58 Å². The van der Waals surface area contributed by atoms with E-state index in [1.807, 2.05) is 18.2 Å². The Labute approximate surface area is 309 Å². The largest absolute Gasteiger partial charge is 0.452 e. The molecule has 0 fully saturated rings. The highest BCUT2D eigenvalue weighted by molar-refractivity contribution is 6.31. The summed E-state index contributed by atoms with van der Waals surface area (Å²) in [6.07, 6.45) is 0. The van der Waals surface area contributed by atoms with Gasteiger partial charge in [0.05, 0.1) is 11.0 Å². The topological polar surface area (TPSA) is 43.9 Å². The summed E-state index contributed by atoms with van der Waals surface area (Å²) in [4.78, 5) is 10.8. The van der Waals surface area contributed by atoms with Crippen molar-refractivity contribution < 1.29 is 4.42 Å². The molecular weight excluding hydrogens is 659 g/mol. The van der Waals surface area contributed by atoms with Gasteiger partial charge in [-0.25, -0.2) is 9.97 Å². The Morgan fingerprint density at radius 2 is 1.06 bits per heavy atom. The molecule has 11 aromatic rings. The summed E-state index contributed by atoms with van der Waals surface area (Å²) in [6, 6.07) is 62.7. The fourth-order valence-electron chi connectivity index (χ4n) is 8.85. The first kappa shape index (κ1) is 29.3. The van der Waals surface area contributed by atoms with Gasteiger partial charge >= 0.3 is 0 Å². The molecule has 8 aromatic carbocycles. The van der Waals surface area contributed by atoms with Gasteiger partial charge in [0.1, 0.15) is 16.8 Å². The molecule has 0 spiro atoms. The van der Waals surface area contributed by atoms with E-state index in [0.29, 0.717) is 11.5 Å². The molecule has 0 bridgehead atoms. The maximum Gasteiger partial charge on any atom is 0.236 e. The maximum absolute atomic E-state index is 6.58. The van der Waals surface area contributed by atoms with Crippen LogP contribution in [0.3, 0.4) is 0 Å². The SMILES string of the molecule is c1ccc(C2=C(c3ccccc3)c3cccc4c3c3c5c2cccc5ccc3n4-c2nc(-c3ccc4ccccc4c3)c3oc4ccccc4c3n2)cc1. The highest BCUT2D eigenvalue weighted by Gasteiger charge is 2.29. The van der Waals surface area contributed by atoms with Crippen LogP contribution in [0, 0.1) is 0 Å². The molecule has 250 valence electrons. The van der Waals surface area contributed by atoms with E-state index >= 15 is 0 Å². The van der Waals surface area contributed by atoms with Crippen LogP contribution in [0.25, 0.3) is 93.8 Å². The lowest BCUT2D eigenvalue weighted by Gasteiger charge is -2.19. The summed E-state index contributed by atoms with van der Waals surface area (Å²) in [6.45, 7) is 0. The molecule has 0 amide bonds. The van der Waals surface area contributed by atoms with Crippen LogP contribution < -0.4 is 0 Å². The van der Waals surface area contributed by atoms with Crippen LogP contribution in [-0.2, 0) is 0 Å². The number of hydrogen-bond donors (Lipinski definition) is 0. The summed E-state index contributed by atoms with van der Waals surface area (Å²) in [5, 5.41) is 8.14. The monoisotopic (exact) mass is 687 g/mol. The van der Waals surface area contributed by atoms with Crippen molar-refractivity contribution in [1.82, 2.24) is 14.5 Å². The lowest BCUT2D eigenvalue weighted by atomic mass is 9.85. The van der Waals surface area contributed by atoms with Gasteiger partial charge in [0, 0.05) is 21.7 Å². The number of para-hydroxylation sites is 1. The summed E-state index contributed by atoms with van der Waals surface area (Å²) < 4.78 is 8.85. The number of hydrogen-bond acceptors (Lipinski definition) is 3. The van der Waals surface area contributed by atoms with E-state index in [9.17, 15) is 0 Å². The van der Waals surface area contributed by atoms with Crippen LogP contribution in [0.15, 0.2) is 180 Å². The van der Waals surface area contributed by atoms with Gasteiger partial charge < -0.3 is 4.42 Å². The van der Waals surface area contributed by atoms with E-state index in [4.69, 9.17) is 14.4 Å². The molecule has 1 aliphatic rings. The summed E-state index contributed by atoms with van der Waals surface area (Å²) >= 11 is 0. The molecule has 54 heavy (non-hydrogen) atoms. The van der Waals surface area contributed by atoms with Crippen LogP contribution in [0.4, 0.5) is 0 Å². The second-order valence-electron chi connectivity index (χ2n) is 14.1. The van der Waals surface area contributed by atoms with E-state index in [1.54, 1.807) is 0 Å². The quantitative estimate of drug-likeness (QED) is 0.185. The number of furan rings is 1. The molecule has 0 atom stereocenters. The van der Waals surface area contributed by atoms with E-state index < -0.39 is 0 Å². The van der Waals surface area contributed by atoms with Crippen molar-refractivity contribution in [3.05, 3.63) is 198 Å². The van der Waals surface area contributed by atoms with Crippen molar-refractivity contribution in [2.24, 2.45) is 0 Å². The highest BCUT2D eigenvalue weighted by atomic mass is 16.3. The Kier molecular flexibility index (Phi) is 6.02. The zero-order valence-electron chi connectivity index (χ0n) is 29.0. The fourth-order valence-corrected chi connectivity index (χ4v) is 8.85. The molecule has 1 aliphatic carbocycles. The second-order valence-corrected chi connectivity index (χ2v) is 14.1. The normalized spacial score (nSPS) is 12.7. The molecule has 3 heterocycles. The number of fused-ring (bicyclic) bond motifs is 4. The van der Waals surface area contributed by atoms with Crippen LogP contribution in [0.2, 0.25) is 0 Å². The summed E-state index contributed by atoms with van der Waals surface area (Å²) in [5.74, 6) is 0.611. The van der Waals surface area contributed by atoms with Gasteiger partial charge in [-0.05, 0) is 85.3 Å². The zero-order valence-corrected chi connectivity index (χ0v) is 29.0. The molecular formula is C50H29N3O. The smallest absolute Gasteiger partial charge is 0.236 e. The molecule has 0 saturated heterocycles. The van der Waals surface area contributed by atoms with Gasteiger partial charge in [-0.3, -0.25) is 4.57 Å². The van der Waals surface area contributed by atoms with Gasteiger partial charge in [-0.15, -0.1) is 0 Å². The Hall–Kier alpha value is -7.30. The fraction of sp³-hybridized carbons (Fsp3) is 0. The number of benzene rings is 8. The molecule has 0 N–H and O–H groups in total. The van der Waals surface area contributed by atoms with Crippen molar-refractivity contribution in [2.75, 3.05) is 0 Å². The molecule has 4 nitrogen and oxygen atoms in total. The third-order valence-corrected chi connectivity index (χ3v) is 11.1. The third kappa shape index (κ3) is 4.08. The van der Waals surface area contributed by atoms with Crippen molar-refractivity contribution >= 4 is 76.6 Å². The second kappa shape index (κ2) is 11.1. The lowest BCUT2D eigenvalue weighted by molar-refractivity contribution is 0.666. The Balaban J connectivity index is 1.25. The number of rotatable bonds is 4. The minimum atomic E-state index is 0.611. The standard InChI is InChI=1S/C50H29N3O/c1-3-14-31(15-4-1)42-37-21-11-19-33-27-28-40-46(44(33)37)45-38(43(42)32-16-5-2-6-17-32)22-12-23-39(45)53(40)50-51-47(35-26-25-30-13-7-8-18-34(30)29-35)49-48(52-50)36-20-9-10-24-41(36)54-49/h1-29H. The first-order chi connectivity index (χ1) is 26.8. The van der Waals surface area contributed by atoms with Crippen LogP contribution in [0.1, 0.15) is 22.3 Å². The molecule has 4 heteroatoms. The average molecular weight is 688 g/mol. The Bertz CT molecular complexity index is 3370. The van der Waals surface area contributed by atoms with Crippen molar-refractivity contribution in [3.8, 4) is 17.2 Å². The van der Waals surface area contributed by atoms with Gasteiger partial charge in [-0.1, -0.05) is 146 Å². The molecule has 12 rings (SSSR count). The predicted octanol–water partition coefficient (Wildman–Crippen LogP) is 12.8. The van der Waals surface area contributed by atoms with Crippen LogP contribution in [-0.4, -0.2) is 14.5 Å². The Morgan fingerprint density at radius 3 is 1.85 bits per heavy atom. The molecule has 0 unspecified atom stereocenters. The molecule has 0 aliphatic heterocycles. The molecule has 0 radical (unpaired) electrons. The number of nitrogens with zero attached hydrogens (tertiary/aromatic N) is 3. The summed E-state index contributed by atoms with van der Waals surface area (Å²) in [7, 11) is 0. The van der Waals surface area contributed by atoms with Crippen molar-refractivity contribution in [2.45, 2.75) is 0 Å². The number of aromatic nitrogens is 3. The van der Waals surface area contributed by atoms with E-state index in [-0.39, 0.29) is 0 Å². The minimum absolute atomic E-state index is 0.611. The molecule has 0 saturated carbocycles. The van der Waals surface area contributed by atoms with Gasteiger partial charge in [-0.2, -0.15) is 0 Å². The first-order valence-electron chi connectivity index (χ1n) is 18.3.